The van der Waals surface area contributed by atoms with E-state index >= 15 is 0 Å². The molecule has 3 N–H and O–H groups in total. The maximum absolute atomic E-state index is 13.3. The number of hydrogen-bond donors (Lipinski definition) is 3. The van der Waals surface area contributed by atoms with Crippen LogP contribution in [0.15, 0.2) is 66.7 Å². The van der Waals surface area contributed by atoms with Crippen LogP contribution in [0.25, 0.3) is 11.3 Å². The Bertz CT molecular complexity index is 1580. The van der Waals surface area contributed by atoms with Gasteiger partial charge in [0.25, 0.3) is 11.8 Å². The van der Waals surface area contributed by atoms with E-state index in [9.17, 15) is 19.2 Å². The summed E-state index contributed by atoms with van der Waals surface area (Å²) in [5, 5.41) is 9.09. The van der Waals surface area contributed by atoms with Gasteiger partial charge in [-0.25, -0.2) is 4.79 Å². The molecule has 222 valence electrons. The van der Waals surface area contributed by atoms with Crippen molar-refractivity contribution in [2.75, 3.05) is 57.5 Å². The van der Waals surface area contributed by atoms with Gasteiger partial charge in [-0.05, 0) is 61.5 Å². The summed E-state index contributed by atoms with van der Waals surface area (Å²) in [6.45, 7) is 5.19. The van der Waals surface area contributed by atoms with Crippen molar-refractivity contribution in [3.63, 3.8) is 0 Å². The van der Waals surface area contributed by atoms with Gasteiger partial charge >= 0.3 is 5.97 Å². The first-order valence-corrected chi connectivity index (χ1v) is 14.2. The highest BCUT2D eigenvalue weighted by Gasteiger charge is 2.30. The molecule has 1 saturated heterocycles. The molecular formula is C33H35N5O5. The number of esters is 1. The number of aryl methyl sites for hydroxylation is 1. The van der Waals surface area contributed by atoms with Gasteiger partial charge in [-0.15, -0.1) is 0 Å². The SMILES string of the molecule is COC(=O)c1cc2c(cc1C)C(=C(Nc1ccc(C(=O)NCCC(=O)N3CCN(C)CC3)cc1)c1ccccc1)C(=O)N2. The lowest BCUT2D eigenvalue weighted by atomic mass is 9.96. The first kappa shape index (κ1) is 29.5. The fourth-order valence-corrected chi connectivity index (χ4v) is 5.24. The Morgan fingerprint density at radius 2 is 1.63 bits per heavy atom. The maximum Gasteiger partial charge on any atom is 0.338 e. The number of carbonyl (C=O) groups excluding carboxylic acids is 4. The number of piperazine rings is 1. The van der Waals surface area contributed by atoms with Gasteiger partial charge in [-0.2, -0.15) is 0 Å². The molecule has 2 aliphatic rings. The van der Waals surface area contributed by atoms with Crippen LogP contribution in [0.2, 0.25) is 0 Å². The van der Waals surface area contributed by atoms with E-state index in [1.165, 1.54) is 7.11 Å². The molecule has 0 aliphatic carbocycles. The highest BCUT2D eigenvalue weighted by atomic mass is 16.5. The molecule has 3 aromatic carbocycles. The molecule has 0 aromatic heterocycles. The van der Waals surface area contributed by atoms with E-state index in [0.29, 0.717) is 58.0 Å². The third-order valence-corrected chi connectivity index (χ3v) is 7.72. The number of carbonyl (C=O) groups is 4. The average Bonchev–Trinajstić information content (AvgIpc) is 3.34. The molecule has 0 unspecified atom stereocenters. The number of fused-ring (bicyclic) bond motifs is 1. The van der Waals surface area contributed by atoms with E-state index in [0.717, 1.165) is 18.7 Å². The van der Waals surface area contributed by atoms with Crippen LogP contribution in [-0.4, -0.2) is 80.4 Å². The lowest BCUT2D eigenvalue weighted by Gasteiger charge is -2.32. The second-order valence-corrected chi connectivity index (χ2v) is 10.7. The molecule has 5 rings (SSSR count). The quantitative estimate of drug-likeness (QED) is 0.275. The summed E-state index contributed by atoms with van der Waals surface area (Å²) in [5.74, 6) is -0.993. The van der Waals surface area contributed by atoms with Crippen LogP contribution in [0.5, 0.6) is 0 Å². The minimum atomic E-state index is -0.473. The van der Waals surface area contributed by atoms with Gasteiger partial charge in [-0.3, -0.25) is 14.4 Å². The van der Waals surface area contributed by atoms with E-state index in [1.807, 2.05) is 42.3 Å². The molecular weight excluding hydrogens is 546 g/mol. The van der Waals surface area contributed by atoms with Crippen molar-refractivity contribution in [3.8, 4) is 0 Å². The molecule has 0 saturated carbocycles. The molecule has 0 atom stereocenters. The average molecular weight is 582 g/mol. The van der Waals surface area contributed by atoms with Crippen molar-refractivity contribution < 1.29 is 23.9 Å². The lowest BCUT2D eigenvalue weighted by molar-refractivity contribution is -0.132. The molecule has 0 bridgehead atoms. The number of likely N-dealkylation sites (N-methyl/N-ethyl adjacent to an activating group) is 1. The Labute approximate surface area is 250 Å². The van der Waals surface area contributed by atoms with Crippen LogP contribution in [0, 0.1) is 6.92 Å². The molecule has 0 spiro atoms. The molecule has 3 amide bonds. The number of amides is 3. The van der Waals surface area contributed by atoms with Crippen molar-refractivity contribution >= 4 is 46.3 Å². The van der Waals surface area contributed by atoms with Crippen LogP contribution < -0.4 is 16.0 Å². The fourth-order valence-electron chi connectivity index (χ4n) is 5.24. The maximum atomic E-state index is 13.3. The monoisotopic (exact) mass is 581 g/mol. The Morgan fingerprint density at radius 1 is 0.930 bits per heavy atom. The molecule has 2 aliphatic heterocycles. The Hall–Kier alpha value is -4.96. The van der Waals surface area contributed by atoms with Crippen molar-refractivity contribution in [2.24, 2.45) is 0 Å². The smallest absolute Gasteiger partial charge is 0.338 e. The van der Waals surface area contributed by atoms with Crippen molar-refractivity contribution in [3.05, 3.63) is 94.5 Å². The largest absolute Gasteiger partial charge is 0.465 e. The summed E-state index contributed by atoms with van der Waals surface area (Å²) in [7, 11) is 3.36. The summed E-state index contributed by atoms with van der Waals surface area (Å²) in [5.41, 5.74) is 5.22. The standard InChI is InChI=1S/C33H35N5O5/c1-21-19-26-27(20-25(21)33(42)43-3)36-32(41)29(26)30(22-7-5-4-6-8-22)35-24-11-9-23(10-12-24)31(40)34-14-13-28(39)38-17-15-37(2)16-18-38/h4-12,19-20,35H,13-18H2,1-3H3,(H,34,40)(H,36,41). The van der Waals surface area contributed by atoms with Gasteiger partial charge in [0.15, 0.2) is 0 Å². The van der Waals surface area contributed by atoms with Crippen LogP contribution in [-0.2, 0) is 14.3 Å². The zero-order valence-electron chi connectivity index (χ0n) is 24.5. The van der Waals surface area contributed by atoms with E-state index < -0.39 is 5.97 Å². The number of benzene rings is 3. The Balaban J connectivity index is 1.33. The van der Waals surface area contributed by atoms with Gasteiger partial charge in [0.1, 0.15) is 0 Å². The topological polar surface area (TPSA) is 120 Å². The van der Waals surface area contributed by atoms with E-state index in [1.54, 1.807) is 43.3 Å². The van der Waals surface area contributed by atoms with Gasteiger partial charge in [0.05, 0.1) is 29.6 Å². The van der Waals surface area contributed by atoms with Crippen LogP contribution in [0.4, 0.5) is 11.4 Å². The lowest BCUT2D eigenvalue weighted by Crippen LogP contribution is -2.47. The number of methoxy groups -OCH3 is 1. The van der Waals surface area contributed by atoms with Crippen LogP contribution in [0.1, 0.15) is 43.8 Å². The molecule has 3 aromatic rings. The predicted molar refractivity (Wildman–Crippen MR) is 165 cm³/mol. The minimum absolute atomic E-state index is 0.0451. The molecule has 43 heavy (non-hydrogen) atoms. The fraction of sp³-hybridized carbons (Fsp3) is 0.273. The van der Waals surface area contributed by atoms with Crippen LogP contribution >= 0.6 is 0 Å². The second-order valence-electron chi connectivity index (χ2n) is 10.7. The Kier molecular flexibility index (Phi) is 8.87. The van der Waals surface area contributed by atoms with Gasteiger partial charge < -0.3 is 30.5 Å². The molecule has 0 radical (unpaired) electrons. The zero-order valence-corrected chi connectivity index (χ0v) is 24.5. The number of anilines is 2. The van der Waals surface area contributed by atoms with Crippen molar-refractivity contribution in [1.82, 2.24) is 15.1 Å². The minimum Gasteiger partial charge on any atom is -0.465 e. The molecule has 10 nitrogen and oxygen atoms in total. The first-order valence-electron chi connectivity index (χ1n) is 14.2. The summed E-state index contributed by atoms with van der Waals surface area (Å²) in [6, 6.07) is 19.9. The predicted octanol–water partition coefficient (Wildman–Crippen LogP) is 3.61. The summed E-state index contributed by atoms with van der Waals surface area (Å²) in [6.07, 6.45) is 0.257. The van der Waals surface area contributed by atoms with Gasteiger partial charge in [0.2, 0.25) is 5.91 Å². The highest BCUT2D eigenvalue weighted by Crippen LogP contribution is 2.39. The molecule has 1 fully saturated rings. The van der Waals surface area contributed by atoms with Gasteiger partial charge in [0, 0.05) is 56.0 Å². The highest BCUT2D eigenvalue weighted by molar-refractivity contribution is 6.37. The zero-order chi connectivity index (χ0) is 30.5. The van der Waals surface area contributed by atoms with Crippen LogP contribution in [0.3, 0.4) is 0 Å². The second kappa shape index (κ2) is 12.9. The molecule has 2 heterocycles. The van der Waals surface area contributed by atoms with E-state index in [2.05, 4.69) is 20.9 Å². The number of ether oxygens (including phenoxy) is 1. The van der Waals surface area contributed by atoms with E-state index in [4.69, 9.17) is 4.74 Å². The van der Waals surface area contributed by atoms with E-state index in [-0.39, 0.29) is 30.7 Å². The normalized spacial score (nSPS) is 15.8. The summed E-state index contributed by atoms with van der Waals surface area (Å²) >= 11 is 0. The number of hydrogen-bond acceptors (Lipinski definition) is 7. The third-order valence-electron chi connectivity index (χ3n) is 7.72. The van der Waals surface area contributed by atoms with Crippen molar-refractivity contribution in [1.29, 1.82) is 0 Å². The Morgan fingerprint density at radius 3 is 2.30 bits per heavy atom. The summed E-state index contributed by atoms with van der Waals surface area (Å²) in [4.78, 5) is 54.8. The number of rotatable bonds is 8. The number of nitrogens with one attached hydrogen (secondary N) is 3. The van der Waals surface area contributed by atoms with Gasteiger partial charge in [-0.1, -0.05) is 30.3 Å². The molecule has 10 heteroatoms. The first-order chi connectivity index (χ1) is 20.7. The number of nitrogens with zero attached hydrogens (tertiary/aromatic N) is 2. The third kappa shape index (κ3) is 6.60. The summed E-state index contributed by atoms with van der Waals surface area (Å²) < 4.78 is 4.89. The van der Waals surface area contributed by atoms with Crippen molar-refractivity contribution in [2.45, 2.75) is 13.3 Å².